The third-order valence-corrected chi connectivity index (χ3v) is 4.23. The lowest BCUT2D eigenvalue weighted by molar-refractivity contribution is 0.0743. The number of halogens is 1. The number of hydrogen-bond acceptors (Lipinski definition) is 4. The van der Waals surface area contributed by atoms with Crippen molar-refractivity contribution >= 4 is 16.1 Å². The van der Waals surface area contributed by atoms with Crippen LogP contribution in [0.2, 0.25) is 0 Å². The Hall–Kier alpha value is -1.43. The smallest absolute Gasteiger partial charge is 0.341 e. The van der Waals surface area contributed by atoms with E-state index in [1.54, 1.807) is 6.07 Å². The molecule has 0 N–H and O–H groups in total. The lowest BCUT2D eigenvalue weighted by Gasteiger charge is -2.11. The molecule has 0 saturated carbocycles. The molecule has 0 atom stereocenters. The highest BCUT2D eigenvalue weighted by molar-refractivity contribution is 7.86. The quantitative estimate of drug-likeness (QED) is 0.459. The number of hydrogen-bond donors (Lipinski definition) is 0. The highest BCUT2D eigenvalue weighted by atomic mass is 32.2. The maximum atomic E-state index is 14.6. The molecule has 0 fully saturated rings. The van der Waals surface area contributed by atoms with Crippen LogP contribution in [0.5, 0.6) is 0 Å². The molecule has 136 valence electrons. The summed E-state index contributed by atoms with van der Waals surface area (Å²) in [7, 11) is -3.97. The fraction of sp³-hybridized carbons (Fsp3) is 0.611. The van der Waals surface area contributed by atoms with Crippen molar-refractivity contribution in [2.75, 3.05) is 6.26 Å². The Kier molecular flexibility index (Phi) is 8.39. The minimum Gasteiger partial charge on any atom is -0.341 e. The van der Waals surface area contributed by atoms with Crippen LogP contribution in [0.3, 0.4) is 0 Å². The molecule has 1 rings (SSSR count). The van der Waals surface area contributed by atoms with Crippen LogP contribution >= 0.6 is 0 Å². The van der Waals surface area contributed by atoms with Crippen molar-refractivity contribution < 1.29 is 21.8 Å². The summed E-state index contributed by atoms with van der Waals surface area (Å²) in [5.74, 6) is -1.82. The van der Waals surface area contributed by atoms with E-state index in [0.717, 1.165) is 56.8 Å². The second kappa shape index (κ2) is 9.77. The van der Waals surface area contributed by atoms with E-state index in [-0.39, 0.29) is 5.56 Å². The number of aryl methyl sites for hydroxylation is 2. The average Bonchev–Trinajstić information content (AvgIpc) is 2.48. The normalized spacial score (nSPS) is 11.5. The van der Waals surface area contributed by atoms with Crippen LogP contribution in [-0.4, -0.2) is 20.6 Å². The molecule has 0 spiro atoms. The lowest BCUT2D eigenvalue weighted by atomic mass is 9.97. The van der Waals surface area contributed by atoms with Gasteiger partial charge in [0.2, 0.25) is 0 Å². The number of carbonyl (C=O) groups is 1. The first-order chi connectivity index (χ1) is 11.3. The molecule has 0 heterocycles. The molecule has 0 aliphatic rings. The van der Waals surface area contributed by atoms with Gasteiger partial charge in [0.05, 0.1) is 11.8 Å². The van der Waals surface area contributed by atoms with Gasteiger partial charge in [-0.2, -0.15) is 8.42 Å². The minimum atomic E-state index is -3.97. The van der Waals surface area contributed by atoms with Gasteiger partial charge < -0.3 is 4.18 Å². The van der Waals surface area contributed by atoms with Gasteiger partial charge in [-0.15, -0.1) is 0 Å². The molecule has 24 heavy (non-hydrogen) atoms. The first-order valence-electron chi connectivity index (χ1n) is 8.53. The van der Waals surface area contributed by atoms with E-state index in [9.17, 15) is 17.6 Å². The fourth-order valence-corrected chi connectivity index (χ4v) is 2.92. The van der Waals surface area contributed by atoms with E-state index in [0.29, 0.717) is 12.0 Å². The second-order valence-corrected chi connectivity index (χ2v) is 7.68. The Morgan fingerprint density at radius 1 is 1.04 bits per heavy atom. The highest BCUT2D eigenvalue weighted by Gasteiger charge is 2.21. The predicted molar refractivity (Wildman–Crippen MR) is 93.1 cm³/mol. The van der Waals surface area contributed by atoms with Crippen molar-refractivity contribution in [2.24, 2.45) is 0 Å². The van der Waals surface area contributed by atoms with Gasteiger partial charge in [-0.05, 0) is 42.9 Å². The van der Waals surface area contributed by atoms with Crippen LogP contribution in [0.15, 0.2) is 12.1 Å². The number of unbranched alkanes of at least 4 members (excludes halogenated alkanes) is 4. The number of rotatable bonds is 10. The van der Waals surface area contributed by atoms with E-state index >= 15 is 0 Å². The standard InChI is InChI=1S/C18H27FO4S/c1-4-6-8-10-14-12-15(11-9-7-5-2)17(19)16(13-14)18(20)23-24(3,21)22/h12-13H,4-11H2,1-3H3. The zero-order chi connectivity index (χ0) is 18.2. The topological polar surface area (TPSA) is 60.4 Å². The third-order valence-electron chi connectivity index (χ3n) is 3.77. The summed E-state index contributed by atoms with van der Waals surface area (Å²) >= 11 is 0. The summed E-state index contributed by atoms with van der Waals surface area (Å²) in [6.45, 7) is 4.15. The zero-order valence-electron chi connectivity index (χ0n) is 14.7. The first-order valence-corrected chi connectivity index (χ1v) is 10.3. The van der Waals surface area contributed by atoms with Crippen LogP contribution in [0.1, 0.15) is 73.9 Å². The van der Waals surface area contributed by atoms with Gasteiger partial charge >= 0.3 is 16.1 Å². The van der Waals surface area contributed by atoms with Crippen molar-refractivity contribution in [1.29, 1.82) is 0 Å². The van der Waals surface area contributed by atoms with Crippen LogP contribution < -0.4 is 0 Å². The summed E-state index contributed by atoms with van der Waals surface area (Å²) in [6.07, 6.45) is 7.90. The van der Waals surface area contributed by atoms with Crippen LogP contribution in [0.4, 0.5) is 4.39 Å². The molecule has 6 heteroatoms. The minimum absolute atomic E-state index is 0.291. The predicted octanol–water partition coefficient (Wildman–Crippen LogP) is 4.41. The van der Waals surface area contributed by atoms with Gasteiger partial charge in [0.1, 0.15) is 5.82 Å². The van der Waals surface area contributed by atoms with Crippen molar-refractivity contribution in [3.63, 3.8) is 0 Å². The van der Waals surface area contributed by atoms with E-state index in [4.69, 9.17) is 0 Å². The maximum Gasteiger partial charge on any atom is 0.356 e. The Bertz CT molecular complexity index is 653. The average molecular weight is 358 g/mol. The largest absolute Gasteiger partial charge is 0.356 e. The van der Waals surface area contributed by atoms with Gasteiger partial charge in [0.25, 0.3) is 0 Å². The summed E-state index contributed by atoms with van der Waals surface area (Å²) < 4.78 is 41.3. The van der Waals surface area contributed by atoms with Gasteiger partial charge in [0.15, 0.2) is 0 Å². The molecule has 0 aliphatic carbocycles. The molecular formula is C18H27FO4S. The lowest BCUT2D eigenvalue weighted by Crippen LogP contribution is -2.14. The summed E-state index contributed by atoms with van der Waals surface area (Å²) in [4.78, 5) is 12.0. The summed E-state index contributed by atoms with van der Waals surface area (Å²) in [5.41, 5.74) is 1.01. The monoisotopic (exact) mass is 358 g/mol. The Balaban J connectivity index is 3.11. The summed E-state index contributed by atoms with van der Waals surface area (Å²) in [5, 5.41) is 0. The number of carbonyl (C=O) groups excluding carboxylic acids is 1. The third kappa shape index (κ3) is 6.99. The van der Waals surface area contributed by atoms with E-state index < -0.39 is 21.9 Å². The van der Waals surface area contributed by atoms with Gasteiger partial charge in [-0.25, -0.2) is 9.18 Å². The molecule has 4 nitrogen and oxygen atoms in total. The molecular weight excluding hydrogens is 331 g/mol. The Labute approximate surface area is 144 Å². The molecule has 0 bridgehead atoms. The second-order valence-electron chi connectivity index (χ2n) is 6.11. The Morgan fingerprint density at radius 2 is 1.62 bits per heavy atom. The first kappa shape index (κ1) is 20.6. The molecule has 0 aliphatic heterocycles. The van der Waals surface area contributed by atoms with E-state index in [1.165, 1.54) is 6.07 Å². The van der Waals surface area contributed by atoms with Gasteiger partial charge in [-0.3, -0.25) is 0 Å². The maximum absolute atomic E-state index is 14.6. The van der Waals surface area contributed by atoms with Crippen molar-refractivity contribution in [1.82, 2.24) is 0 Å². The van der Waals surface area contributed by atoms with Crippen LogP contribution in [-0.2, 0) is 27.1 Å². The van der Waals surface area contributed by atoms with E-state index in [1.807, 2.05) is 0 Å². The van der Waals surface area contributed by atoms with Crippen molar-refractivity contribution in [3.8, 4) is 0 Å². The molecule has 0 saturated heterocycles. The van der Waals surface area contributed by atoms with Crippen LogP contribution in [0, 0.1) is 5.82 Å². The summed E-state index contributed by atoms with van der Waals surface area (Å²) in [6, 6.07) is 3.21. The molecule has 1 aromatic carbocycles. The molecule has 1 aromatic rings. The highest BCUT2D eigenvalue weighted by Crippen LogP contribution is 2.22. The van der Waals surface area contributed by atoms with Crippen molar-refractivity contribution in [2.45, 2.75) is 65.2 Å². The SMILES string of the molecule is CCCCCc1cc(CCCCC)c(F)c(C(=O)OS(C)(=O)=O)c1. The van der Waals surface area contributed by atoms with Crippen molar-refractivity contribution in [3.05, 3.63) is 34.6 Å². The van der Waals surface area contributed by atoms with Gasteiger partial charge in [-0.1, -0.05) is 45.6 Å². The Morgan fingerprint density at radius 3 is 2.17 bits per heavy atom. The van der Waals surface area contributed by atoms with Crippen LogP contribution in [0.25, 0.3) is 0 Å². The molecule has 0 unspecified atom stereocenters. The molecule has 0 aromatic heterocycles. The number of benzene rings is 1. The van der Waals surface area contributed by atoms with E-state index in [2.05, 4.69) is 18.0 Å². The molecule has 0 amide bonds. The zero-order valence-corrected chi connectivity index (χ0v) is 15.5. The molecule has 0 radical (unpaired) electrons. The fourth-order valence-electron chi connectivity index (χ4n) is 2.55. The van der Waals surface area contributed by atoms with Gasteiger partial charge in [0, 0.05) is 0 Å².